The van der Waals surface area contributed by atoms with Crippen LogP contribution in [0.4, 0.5) is 0 Å². The third-order valence-electron chi connectivity index (χ3n) is 3.68. The summed E-state index contributed by atoms with van der Waals surface area (Å²) in [6.07, 6.45) is 4.70. The van der Waals surface area contributed by atoms with Crippen molar-refractivity contribution in [2.45, 2.75) is 6.92 Å². The number of halogens is 1. The Morgan fingerprint density at radius 1 is 1.32 bits per heavy atom. The summed E-state index contributed by atoms with van der Waals surface area (Å²) in [6.45, 7) is 2.00. The van der Waals surface area contributed by atoms with Crippen LogP contribution in [0.2, 0.25) is 0 Å². The summed E-state index contributed by atoms with van der Waals surface area (Å²) in [7, 11) is 0. The number of hydrogen-bond donors (Lipinski definition) is 2. The fourth-order valence-corrected chi connectivity index (χ4v) is 2.56. The van der Waals surface area contributed by atoms with Crippen molar-refractivity contribution in [3.63, 3.8) is 0 Å². The van der Waals surface area contributed by atoms with Crippen molar-refractivity contribution in [1.82, 2.24) is 15.0 Å². The molecule has 0 saturated carbocycles. The minimum absolute atomic E-state index is 0. The summed E-state index contributed by atoms with van der Waals surface area (Å²) in [5.41, 5.74) is 7.21. The van der Waals surface area contributed by atoms with Crippen LogP contribution in [0.5, 0.6) is 0 Å². The molecule has 0 radical (unpaired) electrons. The number of amides is 1. The zero-order valence-corrected chi connectivity index (χ0v) is 14.2. The number of carbonyl (C=O) groups excluding carboxylic acids is 1. The van der Waals surface area contributed by atoms with Crippen molar-refractivity contribution < 1.29 is 4.79 Å². The van der Waals surface area contributed by atoms with Crippen molar-refractivity contribution in [1.29, 1.82) is 5.26 Å². The minimum atomic E-state index is -0.381. The zero-order chi connectivity index (χ0) is 17.1. The number of aromatic nitrogens is 2. The van der Waals surface area contributed by atoms with Crippen LogP contribution < -0.4 is 11.3 Å². The van der Waals surface area contributed by atoms with E-state index in [1.165, 1.54) is 6.08 Å². The molecule has 1 aromatic carbocycles. The quantitative estimate of drug-likeness (QED) is 0.327. The van der Waals surface area contributed by atoms with Crippen LogP contribution in [0.25, 0.3) is 22.8 Å². The number of benzene rings is 1. The van der Waals surface area contributed by atoms with Gasteiger partial charge in [0.1, 0.15) is 0 Å². The number of pyridine rings is 1. The molecular weight excluding hydrogens is 338 g/mol. The number of hydrazine groups is 1. The Bertz CT molecular complexity index is 983. The lowest BCUT2D eigenvalue weighted by molar-refractivity contribution is -0.116. The number of nitrogens with two attached hydrogens (primary N) is 1. The van der Waals surface area contributed by atoms with Gasteiger partial charge in [0.25, 0.3) is 5.91 Å². The van der Waals surface area contributed by atoms with Gasteiger partial charge in [0, 0.05) is 23.7 Å². The number of aryl methyl sites for hydroxylation is 1. The first-order valence-electron chi connectivity index (χ1n) is 7.29. The van der Waals surface area contributed by atoms with E-state index < -0.39 is 0 Å². The Balaban J connectivity index is 0.00000225. The molecule has 0 aliphatic carbocycles. The predicted octanol–water partition coefficient (Wildman–Crippen LogP) is 2.63. The summed E-state index contributed by atoms with van der Waals surface area (Å²) in [6, 6.07) is 13.4. The smallest absolute Gasteiger partial charge is 0.257 e. The lowest BCUT2D eigenvalue weighted by Crippen LogP contribution is -2.27. The SMILES string of the molecule is Cc1cc2ncc(C=CC(=O)NN)cc2n1-c1ccc(C#N)cc1.Cl. The fourth-order valence-electron chi connectivity index (χ4n) is 2.56. The van der Waals surface area contributed by atoms with Crippen LogP contribution in [0.15, 0.2) is 48.7 Å². The van der Waals surface area contributed by atoms with Crippen LogP contribution in [0.3, 0.4) is 0 Å². The molecule has 25 heavy (non-hydrogen) atoms. The molecule has 3 rings (SSSR count). The van der Waals surface area contributed by atoms with Crippen molar-refractivity contribution in [3.05, 3.63) is 65.5 Å². The second-order valence-corrected chi connectivity index (χ2v) is 5.29. The van der Waals surface area contributed by atoms with Gasteiger partial charge in [-0.05, 0) is 55.0 Å². The van der Waals surface area contributed by atoms with E-state index >= 15 is 0 Å². The minimum Gasteiger partial charge on any atom is -0.312 e. The largest absolute Gasteiger partial charge is 0.312 e. The van der Waals surface area contributed by atoms with Gasteiger partial charge >= 0.3 is 0 Å². The number of hydrogen-bond acceptors (Lipinski definition) is 4. The highest BCUT2D eigenvalue weighted by Crippen LogP contribution is 2.24. The topological polar surface area (TPSA) is 96.7 Å². The molecular formula is C18H16ClN5O. The highest BCUT2D eigenvalue weighted by molar-refractivity contribution is 5.92. The molecule has 1 amide bonds. The van der Waals surface area contributed by atoms with Crippen LogP contribution in [-0.2, 0) is 4.79 Å². The predicted molar refractivity (Wildman–Crippen MR) is 99.1 cm³/mol. The van der Waals surface area contributed by atoms with Gasteiger partial charge in [-0.3, -0.25) is 15.2 Å². The molecule has 3 N–H and O–H groups in total. The molecule has 2 heterocycles. The number of carbonyl (C=O) groups is 1. The van der Waals surface area contributed by atoms with Crippen LogP contribution in [0, 0.1) is 18.3 Å². The van der Waals surface area contributed by atoms with E-state index in [2.05, 4.69) is 15.6 Å². The molecule has 3 aromatic rings. The molecule has 126 valence electrons. The van der Waals surface area contributed by atoms with Gasteiger partial charge in [0.05, 0.1) is 22.7 Å². The van der Waals surface area contributed by atoms with E-state index in [0.29, 0.717) is 5.56 Å². The maximum absolute atomic E-state index is 11.2. The van der Waals surface area contributed by atoms with E-state index in [1.807, 2.05) is 36.6 Å². The summed E-state index contributed by atoms with van der Waals surface area (Å²) < 4.78 is 2.06. The molecule has 0 fully saturated rings. The molecule has 6 nitrogen and oxygen atoms in total. The highest BCUT2D eigenvalue weighted by Gasteiger charge is 2.09. The molecule has 0 aliphatic heterocycles. The Kier molecular flexibility index (Phi) is 5.55. The van der Waals surface area contributed by atoms with E-state index in [9.17, 15) is 4.79 Å². The van der Waals surface area contributed by atoms with Crippen LogP contribution in [-0.4, -0.2) is 15.5 Å². The first-order valence-corrected chi connectivity index (χ1v) is 7.29. The first kappa shape index (κ1) is 18.2. The van der Waals surface area contributed by atoms with Crippen molar-refractivity contribution in [3.8, 4) is 11.8 Å². The molecule has 0 atom stereocenters. The summed E-state index contributed by atoms with van der Waals surface area (Å²) in [5.74, 6) is 4.68. The van der Waals surface area contributed by atoms with E-state index in [4.69, 9.17) is 11.1 Å². The summed E-state index contributed by atoms with van der Waals surface area (Å²) >= 11 is 0. The van der Waals surface area contributed by atoms with Crippen molar-refractivity contribution >= 4 is 35.4 Å². The molecule has 0 spiro atoms. The van der Waals surface area contributed by atoms with Crippen molar-refractivity contribution in [2.75, 3.05) is 0 Å². The van der Waals surface area contributed by atoms with Crippen molar-refractivity contribution in [2.24, 2.45) is 5.84 Å². The summed E-state index contributed by atoms with van der Waals surface area (Å²) in [4.78, 5) is 15.7. The lowest BCUT2D eigenvalue weighted by Gasteiger charge is -2.08. The average molecular weight is 354 g/mol. The Hall–Kier alpha value is -3.14. The number of nitriles is 1. The van der Waals surface area contributed by atoms with Crippen LogP contribution >= 0.6 is 12.4 Å². The standard InChI is InChI=1S/C18H15N5O.ClH/c1-12-8-16-17(9-14(11-21-16)4-7-18(24)22-20)23(12)15-5-2-13(10-19)3-6-15;/h2-9,11H,20H2,1H3,(H,22,24);1H. The molecule has 7 heteroatoms. The van der Waals surface area contributed by atoms with Gasteiger partial charge < -0.3 is 4.57 Å². The molecule has 0 aliphatic rings. The second kappa shape index (κ2) is 7.62. The summed E-state index contributed by atoms with van der Waals surface area (Å²) in [5, 5.41) is 8.93. The van der Waals surface area contributed by atoms with Gasteiger partial charge in [0.2, 0.25) is 0 Å². The van der Waals surface area contributed by atoms with Gasteiger partial charge in [0.15, 0.2) is 0 Å². The average Bonchev–Trinajstić information content (AvgIpc) is 2.94. The third-order valence-corrected chi connectivity index (χ3v) is 3.68. The number of nitrogens with one attached hydrogen (secondary N) is 1. The van der Waals surface area contributed by atoms with Gasteiger partial charge in [-0.1, -0.05) is 0 Å². The van der Waals surface area contributed by atoms with Crippen LogP contribution in [0.1, 0.15) is 16.8 Å². The number of rotatable bonds is 3. The first-order chi connectivity index (χ1) is 11.6. The zero-order valence-electron chi connectivity index (χ0n) is 13.4. The number of fused-ring (bicyclic) bond motifs is 1. The van der Waals surface area contributed by atoms with Gasteiger partial charge in [-0.15, -0.1) is 12.4 Å². The number of nitrogens with zero attached hydrogens (tertiary/aromatic N) is 3. The normalized spacial score (nSPS) is 10.4. The second-order valence-electron chi connectivity index (χ2n) is 5.29. The van der Waals surface area contributed by atoms with E-state index in [-0.39, 0.29) is 18.3 Å². The maximum atomic E-state index is 11.2. The molecule has 0 saturated heterocycles. The molecule has 0 bridgehead atoms. The molecule has 2 aromatic heterocycles. The maximum Gasteiger partial charge on any atom is 0.257 e. The van der Waals surface area contributed by atoms with Gasteiger partial charge in [-0.2, -0.15) is 5.26 Å². The van der Waals surface area contributed by atoms with E-state index in [1.54, 1.807) is 24.4 Å². The third kappa shape index (κ3) is 3.69. The fraction of sp³-hybridized carbons (Fsp3) is 0.0556. The Labute approximate surface area is 151 Å². The molecule has 0 unspecified atom stereocenters. The Morgan fingerprint density at radius 3 is 2.68 bits per heavy atom. The Morgan fingerprint density at radius 2 is 2.04 bits per heavy atom. The van der Waals surface area contributed by atoms with E-state index in [0.717, 1.165) is 28.0 Å². The monoisotopic (exact) mass is 353 g/mol. The van der Waals surface area contributed by atoms with Gasteiger partial charge in [-0.25, -0.2) is 5.84 Å². The highest BCUT2D eigenvalue weighted by atomic mass is 35.5. The lowest BCUT2D eigenvalue weighted by atomic mass is 10.2.